The van der Waals surface area contributed by atoms with Crippen molar-refractivity contribution in [3.05, 3.63) is 59.2 Å². The number of aryl methyl sites for hydroxylation is 1. The minimum atomic E-state index is -0.998. The zero-order valence-electron chi connectivity index (χ0n) is 10.9. The third-order valence-electron chi connectivity index (χ3n) is 3.05. The molecule has 1 unspecified atom stereocenters. The normalized spacial score (nSPS) is 12.2. The van der Waals surface area contributed by atoms with Gasteiger partial charge < -0.3 is 9.84 Å². The maximum absolute atomic E-state index is 13.4. The molecule has 0 saturated heterocycles. The lowest BCUT2D eigenvalue weighted by atomic mass is 10.00. The average molecular weight is 261 g/mol. The molecule has 0 amide bonds. The molecule has 1 heterocycles. The van der Waals surface area contributed by atoms with Crippen LogP contribution in [0.4, 0.5) is 4.39 Å². The van der Waals surface area contributed by atoms with E-state index in [2.05, 4.69) is 4.98 Å². The smallest absolute Gasteiger partial charge is 0.125 e. The van der Waals surface area contributed by atoms with Gasteiger partial charge in [0.1, 0.15) is 17.7 Å². The van der Waals surface area contributed by atoms with Crippen molar-refractivity contribution in [1.82, 2.24) is 4.98 Å². The first-order chi connectivity index (χ1) is 9.17. The Hall–Kier alpha value is -1.94. The van der Waals surface area contributed by atoms with E-state index in [-0.39, 0.29) is 0 Å². The van der Waals surface area contributed by atoms with Gasteiger partial charge in [-0.25, -0.2) is 4.39 Å². The molecule has 1 aromatic carbocycles. The lowest BCUT2D eigenvalue weighted by Crippen LogP contribution is -2.08. The van der Waals surface area contributed by atoms with E-state index in [4.69, 9.17) is 4.74 Å². The van der Waals surface area contributed by atoms with Crippen molar-refractivity contribution in [3.8, 4) is 5.75 Å². The first-order valence-corrected chi connectivity index (χ1v) is 6.12. The number of aromatic nitrogens is 1. The van der Waals surface area contributed by atoms with E-state index in [0.717, 1.165) is 12.0 Å². The van der Waals surface area contributed by atoms with Gasteiger partial charge in [-0.15, -0.1) is 0 Å². The summed E-state index contributed by atoms with van der Waals surface area (Å²) >= 11 is 0. The number of hydrogen-bond acceptors (Lipinski definition) is 3. The molecular formula is C15H16FNO2. The molecule has 3 nitrogen and oxygen atoms in total. The Bertz CT molecular complexity index is 572. The van der Waals surface area contributed by atoms with Gasteiger partial charge in [0.05, 0.1) is 12.8 Å². The van der Waals surface area contributed by atoms with Crippen molar-refractivity contribution in [2.45, 2.75) is 19.4 Å². The zero-order valence-corrected chi connectivity index (χ0v) is 10.9. The second-order valence-corrected chi connectivity index (χ2v) is 4.19. The highest BCUT2D eigenvalue weighted by Gasteiger charge is 2.19. The van der Waals surface area contributed by atoms with Crippen molar-refractivity contribution < 1.29 is 14.2 Å². The molecule has 0 saturated carbocycles. The molecule has 1 aromatic heterocycles. The van der Waals surface area contributed by atoms with Crippen molar-refractivity contribution in [2.75, 3.05) is 7.11 Å². The summed E-state index contributed by atoms with van der Waals surface area (Å²) in [5.74, 6) is 0.0328. The van der Waals surface area contributed by atoms with Crippen LogP contribution in [0.2, 0.25) is 0 Å². The molecule has 0 aliphatic rings. The second kappa shape index (κ2) is 5.80. The number of hydrogen-bond donors (Lipinski definition) is 1. The van der Waals surface area contributed by atoms with Gasteiger partial charge in [-0.1, -0.05) is 13.0 Å². The molecule has 2 rings (SSSR count). The van der Waals surface area contributed by atoms with Gasteiger partial charge in [-0.05, 0) is 36.2 Å². The Kier molecular flexibility index (Phi) is 4.12. The lowest BCUT2D eigenvalue weighted by Gasteiger charge is -2.16. The van der Waals surface area contributed by atoms with Crippen LogP contribution in [0.5, 0.6) is 5.75 Å². The standard InChI is InChI=1S/C15H16FNO2/c1-3-10-5-4-8-17-14(10)15(18)12-9-11(16)6-7-13(12)19-2/h4-9,15,18H,3H2,1-2H3. The molecule has 2 aromatic rings. The van der Waals surface area contributed by atoms with E-state index in [1.165, 1.54) is 25.3 Å². The minimum Gasteiger partial charge on any atom is -0.496 e. The Labute approximate surface area is 111 Å². The van der Waals surface area contributed by atoms with Crippen LogP contribution in [0, 0.1) is 5.82 Å². The Morgan fingerprint density at radius 3 is 2.84 bits per heavy atom. The lowest BCUT2D eigenvalue weighted by molar-refractivity contribution is 0.208. The van der Waals surface area contributed by atoms with Crippen LogP contribution in [-0.2, 0) is 6.42 Å². The van der Waals surface area contributed by atoms with Gasteiger partial charge in [0.2, 0.25) is 0 Å². The van der Waals surface area contributed by atoms with E-state index in [1.807, 2.05) is 19.1 Å². The fourth-order valence-electron chi connectivity index (χ4n) is 2.06. The summed E-state index contributed by atoms with van der Waals surface area (Å²) in [5.41, 5.74) is 1.85. The molecule has 0 fully saturated rings. The quantitative estimate of drug-likeness (QED) is 0.920. The highest BCUT2D eigenvalue weighted by molar-refractivity contribution is 5.40. The second-order valence-electron chi connectivity index (χ2n) is 4.19. The van der Waals surface area contributed by atoms with Crippen molar-refractivity contribution in [3.63, 3.8) is 0 Å². The third-order valence-corrected chi connectivity index (χ3v) is 3.05. The first kappa shape index (κ1) is 13.5. The van der Waals surface area contributed by atoms with E-state index in [1.54, 1.807) is 6.20 Å². The Morgan fingerprint density at radius 1 is 1.37 bits per heavy atom. The Balaban J connectivity index is 2.49. The number of pyridine rings is 1. The number of aliphatic hydroxyl groups is 1. The van der Waals surface area contributed by atoms with Crippen molar-refractivity contribution in [2.24, 2.45) is 0 Å². The van der Waals surface area contributed by atoms with Crippen molar-refractivity contribution >= 4 is 0 Å². The van der Waals surface area contributed by atoms with E-state index in [9.17, 15) is 9.50 Å². The molecule has 0 bridgehead atoms. The minimum absolute atomic E-state index is 0.385. The Morgan fingerprint density at radius 2 is 2.16 bits per heavy atom. The maximum Gasteiger partial charge on any atom is 0.125 e. The number of aliphatic hydroxyl groups excluding tert-OH is 1. The van der Waals surface area contributed by atoms with E-state index >= 15 is 0 Å². The van der Waals surface area contributed by atoms with E-state index in [0.29, 0.717) is 17.0 Å². The number of ether oxygens (including phenoxy) is 1. The monoisotopic (exact) mass is 261 g/mol. The summed E-state index contributed by atoms with van der Waals surface area (Å²) in [6.45, 7) is 1.98. The van der Waals surface area contributed by atoms with Crippen LogP contribution in [0.25, 0.3) is 0 Å². The summed E-state index contributed by atoms with van der Waals surface area (Å²) < 4.78 is 18.5. The number of rotatable bonds is 4. The van der Waals surface area contributed by atoms with Crippen molar-refractivity contribution in [1.29, 1.82) is 0 Å². The topological polar surface area (TPSA) is 42.4 Å². The number of halogens is 1. The summed E-state index contributed by atoms with van der Waals surface area (Å²) in [7, 11) is 1.49. The average Bonchev–Trinajstić information content (AvgIpc) is 2.46. The molecule has 0 aliphatic heterocycles. The molecular weight excluding hydrogens is 245 g/mol. The van der Waals surface area contributed by atoms with Crippen LogP contribution in [0.3, 0.4) is 0 Å². The summed E-state index contributed by atoms with van der Waals surface area (Å²) in [5, 5.41) is 10.4. The molecule has 4 heteroatoms. The molecule has 100 valence electrons. The van der Waals surface area contributed by atoms with Gasteiger partial charge in [-0.2, -0.15) is 0 Å². The molecule has 0 radical (unpaired) electrons. The number of benzene rings is 1. The SMILES string of the molecule is CCc1cccnc1C(O)c1cc(F)ccc1OC. The predicted molar refractivity (Wildman–Crippen MR) is 70.6 cm³/mol. The summed E-state index contributed by atoms with van der Waals surface area (Å²) in [4.78, 5) is 4.20. The van der Waals surface area contributed by atoms with Crippen LogP contribution in [-0.4, -0.2) is 17.2 Å². The molecule has 1 N–H and O–H groups in total. The molecule has 0 spiro atoms. The fourth-order valence-corrected chi connectivity index (χ4v) is 2.06. The van der Waals surface area contributed by atoms with Gasteiger partial charge in [0.15, 0.2) is 0 Å². The van der Waals surface area contributed by atoms with Gasteiger partial charge >= 0.3 is 0 Å². The summed E-state index contributed by atoms with van der Waals surface area (Å²) in [6, 6.07) is 7.80. The van der Waals surface area contributed by atoms with Crippen LogP contribution < -0.4 is 4.74 Å². The molecule has 0 aliphatic carbocycles. The fraction of sp³-hybridized carbons (Fsp3) is 0.267. The van der Waals surface area contributed by atoms with Crippen LogP contribution >= 0.6 is 0 Å². The maximum atomic E-state index is 13.4. The van der Waals surface area contributed by atoms with Gasteiger partial charge in [0, 0.05) is 11.8 Å². The third kappa shape index (κ3) is 2.74. The molecule has 19 heavy (non-hydrogen) atoms. The highest BCUT2D eigenvalue weighted by atomic mass is 19.1. The number of methoxy groups -OCH3 is 1. The molecule has 1 atom stereocenters. The van der Waals surface area contributed by atoms with Crippen LogP contribution in [0.1, 0.15) is 29.8 Å². The van der Waals surface area contributed by atoms with Gasteiger partial charge in [0.25, 0.3) is 0 Å². The predicted octanol–water partition coefficient (Wildman–Crippen LogP) is 2.87. The zero-order chi connectivity index (χ0) is 13.8. The first-order valence-electron chi connectivity index (χ1n) is 6.12. The van der Waals surface area contributed by atoms with E-state index < -0.39 is 11.9 Å². The van der Waals surface area contributed by atoms with Gasteiger partial charge in [-0.3, -0.25) is 4.98 Å². The van der Waals surface area contributed by atoms with Crippen LogP contribution in [0.15, 0.2) is 36.5 Å². The number of nitrogens with zero attached hydrogens (tertiary/aromatic N) is 1. The highest BCUT2D eigenvalue weighted by Crippen LogP contribution is 2.31. The largest absolute Gasteiger partial charge is 0.496 e. The summed E-state index contributed by atoms with van der Waals surface area (Å²) in [6.07, 6.45) is 1.36.